The Morgan fingerprint density at radius 1 is 1.33 bits per heavy atom. The largest absolute Gasteiger partial charge is 0.481 e. The minimum atomic E-state index is -0.772. The Labute approximate surface area is 122 Å². The van der Waals surface area contributed by atoms with Crippen molar-refractivity contribution in [1.82, 2.24) is 20.2 Å². The average molecular weight is 287 g/mol. The van der Waals surface area contributed by atoms with Gasteiger partial charge in [-0.1, -0.05) is 23.3 Å². The van der Waals surface area contributed by atoms with Gasteiger partial charge in [-0.2, -0.15) is 4.68 Å². The highest BCUT2D eigenvalue weighted by atomic mass is 16.4. The van der Waals surface area contributed by atoms with Gasteiger partial charge in [0, 0.05) is 13.1 Å². The van der Waals surface area contributed by atoms with E-state index in [2.05, 4.69) is 15.5 Å². The highest BCUT2D eigenvalue weighted by Gasteiger charge is 2.39. The number of aliphatic carboxylic acids is 1. The zero-order valence-electron chi connectivity index (χ0n) is 11.8. The fourth-order valence-corrected chi connectivity index (χ4v) is 2.70. The van der Waals surface area contributed by atoms with Crippen LogP contribution in [-0.4, -0.2) is 44.4 Å². The molecule has 0 bridgehead atoms. The fraction of sp³-hybridized carbons (Fsp3) is 0.429. The number of anilines is 1. The van der Waals surface area contributed by atoms with Crippen molar-refractivity contribution in [2.45, 2.75) is 19.8 Å². The van der Waals surface area contributed by atoms with Crippen molar-refractivity contribution in [1.29, 1.82) is 0 Å². The molecule has 7 heteroatoms. The Morgan fingerprint density at radius 2 is 2.10 bits per heavy atom. The third-order valence-electron chi connectivity index (χ3n) is 3.95. The second-order valence-corrected chi connectivity index (χ2v) is 5.62. The van der Waals surface area contributed by atoms with Crippen molar-refractivity contribution < 1.29 is 9.90 Å². The zero-order chi connectivity index (χ0) is 14.9. The fourth-order valence-electron chi connectivity index (χ4n) is 2.70. The Bertz CT molecular complexity index is 642. The van der Waals surface area contributed by atoms with Crippen LogP contribution in [0.15, 0.2) is 30.3 Å². The summed E-state index contributed by atoms with van der Waals surface area (Å²) in [6, 6.07) is 9.59. The van der Waals surface area contributed by atoms with Crippen molar-refractivity contribution >= 4 is 11.9 Å². The van der Waals surface area contributed by atoms with Gasteiger partial charge in [0.1, 0.15) is 0 Å². The molecule has 0 spiro atoms. The number of piperidine rings is 1. The summed E-state index contributed by atoms with van der Waals surface area (Å²) in [6.45, 7) is 2.95. The molecule has 1 unspecified atom stereocenters. The number of hydrogen-bond acceptors (Lipinski definition) is 5. The van der Waals surface area contributed by atoms with Gasteiger partial charge in [-0.05, 0) is 42.3 Å². The monoisotopic (exact) mass is 287 g/mol. The first-order valence-electron chi connectivity index (χ1n) is 6.92. The number of hydrogen-bond donors (Lipinski definition) is 1. The maximum absolute atomic E-state index is 11.5. The minimum Gasteiger partial charge on any atom is -0.481 e. The van der Waals surface area contributed by atoms with Gasteiger partial charge >= 0.3 is 5.97 Å². The number of tetrazole rings is 1. The minimum absolute atomic E-state index is 0.412. The Kier molecular flexibility index (Phi) is 3.32. The summed E-state index contributed by atoms with van der Waals surface area (Å²) in [5, 5.41) is 21.3. The molecule has 1 aromatic heterocycles. The van der Waals surface area contributed by atoms with Crippen LogP contribution in [0.3, 0.4) is 0 Å². The molecule has 7 nitrogen and oxygen atoms in total. The van der Waals surface area contributed by atoms with Crippen LogP contribution >= 0.6 is 0 Å². The summed E-state index contributed by atoms with van der Waals surface area (Å²) in [6.07, 6.45) is 1.48. The van der Waals surface area contributed by atoms with E-state index in [-0.39, 0.29) is 0 Å². The van der Waals surface area contributed by atoms with Crippen LogP contribution in [0.25, 0.3) is 5.69 Å². The number of para-hydroxylation sites is 1. The molecule has 2 aromatic rings. The van der Waals surface area contributed by atoms with Crippen molar-refractivity contribution in [3.63, 3.8) is 0 Å². The molecule has 3 rings (SSSR count). The van der Waals surface area contributed by atoms with Crippen molar-refractivity contribution in [3.8, 4) is 5.69 Å². The molecule has 21 heavy (non-hydrogen) atoms. The lowest BCUT2D eigenvalue weighted by atomic mass is 9.82. The molecule has 1 saturated heterocycles. The Hall–Kier alpha value is -2.44. The number of carboxylic acid groups (broad SMARTS) is 1. The second-order valence-electron chi connectivity index (χ2n) is 5.62. The van der Waals surface area contributed by atoms with Gasteiger partial charge in [-0.15, -0.1) is 0 Å². The van der Waals surface area contributed by atoms with Gasteiger partial charge < -0.3 is 10.0 Å². The van der Waals surface area contributed by atoms with E-state index in [4.69, 9.17) is 0 Å². The summed E-state index contributed by atoms with van der Waals surface area (Å²) in [5.41, 5.74) is 0.103. The van der Waals surface area contributed by atoms with Crippen molar-refractivity contribution in [2.75, 3.05) is 18.0 Å². The first-order valence-corrected chi connectivity index (χ1v) is 6.92. The molecule has 1 aliphatic heterocycles. The molecular formula is C14H17N5O2. The van der Waals surface area contributed by atoms with E-state index in [0.29, 0.717) is 18.9 Å². The molecular weight excluding hydrogens is 270 g/mol. The Balaban J connectivity index is 1.92. The lowest BCUT2D eigenvalue weighted by Crippen LogP contribution is -2.47. The van der Waals surface area contributed by atoms with Crippen molar-refractivity contribution in [3.05, 3.63) is 30.3 Å². The summed E-state index contributed by atoms with van der Waals surface area (Å²) < 4.78 is 1.65. The summed E-state index contributed by atoms with van der Waals surface area (Å²) in [4.78, 5) is 13.4. The highest BCUT2D eigenvalue weighted by Crippen LogP contribution is 2.32. The van der Waals surface area contributed by atoms with E-state index in [1.807, 2.05) is 35.2 Å². The van der Waals surface area contributed by atoms with Crippen molar-refractivity contribution in [2.24, 2.45) is 5.41 Å². The second kappa shape index (κ2) is 5.16. The standard InChI is InChI=1S/C14H17N5O2/c1-14(12(20)21)8-5-9-18(10-14)13-15-16-17-19(13)11-6-3-2-4-7-11/h2-4,6-7H,5,8-10H2,1H3,(H,20,21). The number of nitrogens with zero attached hydrogens (tertiary/aromatic N) is 5. The third-order valence-corrected chi connectivity index (χ3v) is 3.95. The van der Waals surface area contributed by atoms with Crippen LogP contribution < -0.4 is 4.90 Å². The summed E-state index contributed by atoms with van der Waals surface area (Å²) >= 11 is 0. The maximum atomic E-state index is 11.5. The number of carboxylic acids is 1. The first-order chi connectivity index (χ1) is 10.1. The molecule has 1 fully saturated rings. The molecule has 110 valence electrons. The summed E-state index contributed by atoms with van der Waals surface area (Å²) in [5.74, 6) is -0.181. The molecule has 0 radical (unpaired) electrons. The van der Waals surface area contributed by atoms with E-state index in [0.717, 1.165) is 18.7 Å². The molecule has 1 atom stereocenters. The van der Waals surface area contributed by atoms with E-state index in [1.165, 1.54) is 0 Å². The van der Waals surface area contributed by atoms with Gasteiger partial charge in [0.15, 0.2) is 0 Å². The first kappa shape index (κ1) is 13.5. The lowest BCUT2D eigenvalue weighted by Gasteiger charge is -2.37. The summed E-state index contributed by atoms with van der Waals surface area (Å²) in [7, 11) is 0. The van der Waals surface area contributed by atoms with Gasteiger partial charge in [-0.3, -0.25) is 4.79 Å². The predicted octanol–water partition coefficient (Wildman–Crippen LogP) is 1.35. The van der Waals surface area contributed by atoms with Gasteiger partial charge in [-0.25, -0.2) is 0 Å². The molecule has 0 aliphatic carbocycles. The average Bonchev–Trinajstić information content (AvgIpc) is 2.97. The molecule has 0 saturated carbocycles. The maximum Gasteiger partial charge on any atom is 0.311 e. The van der Waals surface area contributed by atoms with E-state index in [1.54, 1.807) is 11.6 Å². The smallest absolute Gasteiger partial charge is 0.311 e. The predicted molar refractivity (Wildman–Crippen MR) is 76.3 cm³/mol. The van der Waals surface area contributed by atoms with Gasteiger partial charge in [0.25, 0.3) is 0 Å². The third kappa shape index (κ3) is 2.46. The molecule has 1 aliphatic rings. The van der Waals surface area contributed by atoms with E-state index < -0.39 is 11.4 Å². The molecule has 1 N–H and O–H groups in total. The quantitative estimate of drug-likeness (QED) is 0.917. The van der Waals surface area contributed by atoms with Crippen LogP contribution in [0.4, 0.5) is 5.95 Å². The van der Waals surface area contributed by atoms with Gasteiger partial charge in [0.05, 0.1) is 11.1 Å². The van der Waals surface area contributed by atoms with Crippen LogP contribution in [0.1, 0.15) is 19.8 Å². The molecule has 0 amide bonds. The normalized spacial score (nSPS) is 22.2. The molecule has 1 aromatic carbocycles. The molecule has 2 heterocycles. The highest BCUT2D eigenvalue weighted by molar-refractivity contribution is 5.75. The number of benzene rings is 1. The Morgan fingerprint density at radius 3 is 2.81 bits per heavy atom. The van der Waals surface area contributed by atoms with Crippen LogP contribution in [0.5, 0.6) is 0 Å². The van der Waals surface area contributed by atoms with Gasteiger partial charge in [0.2, 0.25) is 5.95 Å². The van der Waals surface area contributed by atoms with Crippen LogP contribution in [0.2, 0.25) is 0 Å². The van der Waals surface area contributed by atoms with Crippen LogP contribution in [-0.2, 0) is 4.79 Å². The lowest BCUT2D eigenvalue weighted by molar-refractivity contribution is -0.148. The zero-order valence-corrected chi connectivity index (χ0v) is 11.8. The van der Waals surface area contributed by atoms with E-state index in [9.17, 15) is 9.90 Å². The van der Waals surface area contributed by atoms with Crippen LogP contribution in [0, 0.1) is 5.41 Å². The number of carbonyl (C=O) groups is 1. The SMILES string of the molecule is CC1(C(=O)O)CCCN(c2nnnn2-c2ccccc2)C1. The number of rotatable bonds is 3. The topological polar surface area (TPSA) is 84.1 Å². The number of aromatic nitrogens is 4. The van der Waals surface area contributed by atoms with E-state index >= 15 is 0 Å².